The van der Waals surface area contributed by atoms with Gasteiger partial charge in [-0.3, -0.25) is 0 Å². The number of aryl methyl sites for hydroxylation is 1. The Kier molecular flexibility index (Phi) is 4.69. The van der Waals surface area contributed by atoms with E-state index in [9.17, 15) is 0 Å². The lowest BCUT2D eigenvalue weighted by Crippen LogP contribution is -2.24. The van der Waals surface area contributed by atoms with Gasteiger partial charge in [0.15, 0.2) is 0 Å². The molecular formula is C12H22N4O. The Morgan fingerprint density at radius 2 is 2.12 bits per heavy atom. The van der Waals surface area contributed by atoms with Gasteiger partial charge < -0.3 is 16.2 Å². The van der Waals surface area contributed by atoms with Gasteiger partial charge >= 0.3 is 0 Å². The number of hydrogen-bond acceptors (Lipinski definition) is 5. The van der Waals surface area contributed by atoms with E-state index in [0.29, 0.717) is 5.95 Å². The van der Waals surface area contributed by atoms with Gasteiger partial charge in [-0.25, -0.2) is 4.98 Å². The van der Waals surface area contributed by atoms with Crippen molar-refractivity contribution in [3.05, 3.63) is 11.8 Å². The number of hydrogen-bond donors (Lipinski definition) is 3. The minimum atomic E-state index is 0.121. The number of nitrogens with zero attached hydrogens (tertiary/aromatic N) is 2. The van der Waals surface area contributed by atoms with Gasteiger partial charge in [-0.2, -0.15) is 4.98 Å². The molecular weight excluding hydrogens is 216 g/mol. The Morgan fingerprint density at radius 1 is 1.41 bits per heavy atom. The number of aliphatic hydroxyl groups is 1. The minimum Gasteiger partial charge on any atom is -0.396 e. The van der Waals surface area contributed by atoms with E-state index in [1.165, 1.54) is 0 Å². The van der Waals surface area contributed by atoms with Crippen molar-refractivity contribution in [2.24, 2.45) is 5.41 Å². The van der Waals surface area contributed by atoms with Gasteiger partial charge in [-0.05, 0) is 25.2 Å². The molecule has 1 aromatic heterocycles. The van der Waals surface area contributed by atoms with E-state index < -0.39 is 0 Å². The van der Waals surface area contributed by atoms with Gasteiger partial charge in [-0.15, -0.1) is 0 Å². The summed E-state index contributed by atoms with van der Waals surface area (Å²) in [4.78, 5) is 8.15. The van der Waals surface area contributed by atoms with Crippen molar-refractivity contribution in [1.29, 1.82) is 0 Å². The van der Waals surface area contributed by atoms with Crippen LogP contribution < -0.4 is 11.1 Å². The fourth-order valence-corrected chi connectivity index (χ4v) is 1.66. The molecule has 0 aliphatic rings. The van der Waals surface area contributed by atoms with E-state index in [2.05, 4.69) is 29.1 Å². The number of nitrogen functional groups attached to an aromatic ring is 1. The van der Waals surface area contributed by atoms with Crippen LogP contribution in [-0.4, -0.2) is 28.2 Å². The van der Waals surface area contributed by atoms with Crippen molar-refractivity contribution in [2.45, 2.75) is 33.6 Å². The predicted molar refractivity (Wildman–Crippen MR) is 69.8 cm³/mol. The van der Waals surface area contributed by atoms with Crippen molar-refractivity contribution < 1.29 is 5.11 Å². The molecule has 0 spiro atoms. The Labute approximate surface area is 102 Å². The number of aromatic nitrogens is 2. The molecule has 0 unspecified atom stereocenters. The highest BCUT2D eigenvalue weighted by Gasteiger charge is 2.17. The lowest BCUT2D eigenvalue weighted by Gasteiger charge is -2.25. The highest BCUT2D eigenvalue weighted by atomic mass is 16.2. The standard InChI is InChI=1S/C12H22N4O/c1-9-7-10(16-11(13)15-9)14-8-12(2,3)5-4-6-17/h7,17H,4-6,8H2,1-3H3,(H3,13,14,15,16). The number of anilines is 2. The number of rotatable bonds is 6. The first kappa shape index (κ1) is 13.7. The molecule has 0 saturated heterocycles. The summed E-state index contributed by atoms with van der Waals surface area (Å²) in [6, 6.07) is 1.87. The molecule has 0 saturated carbocycles. The first-order chi connectivity index (χ1) is 7.93. The molecule has 0 fully saturated rings. The number of nitrogens with one attached hydrogen (secondary N) is 1. The lowest BCUT2D eigenvalue weighted by atomic mass is 9.88. The maximum absolute atomic E-state index is 8.83. The molecule has 5 heteroatoms. The summed E-state index contributed by atoms with van der Waals surface area (Å²) in [5.41, 5.74) is 6.56. The SMILES string of the molecule is Cc1cc(NCC(C)(C)CCCO)nc(N)n1. The molecule has 17 heavy (non-hydrogen) atoms. The van der Waals surface area contributed by atoms with Crippen molar-refractivity contribution >= 4 is 11.8 Å². The van der Waals surface area contributed by atoms with E-state index in [1.54, 1.807) is 0 Å². The molecule has 1 rings (SSSR count). The van der Waals surface area contributed by atoms with Crippen LogP contribution in [0.1, 0.15) is 32.4 Å². The fraction of sp³-hybridized carbons (Fsp3) is 0.667. The van der Waals surface area contributed by atoms with Crippen LogP contribution in [0.2, 0.25) is 0 Å². The molecule has 4 N–H and O–H groups in total. The third kappa shape index (κ3) is 4.99. The largest absolute Gasteiger partial charge is 0.396 e. The van der Waals surface area contributed by atoms with E-state index in [4.69, 9.17) is 10.8 Å². The summed E-state index contributed by atoms with van der Waals surface area (Å²) < 4.78 is 0. The van der Waals surface area contributed by atoms with Crippen LogP contribution in [0.3, 0.4) is 0 Å². The zero-order valence-electron chi connectivity index (χ0n) is 10.8. The van der Waals surface area contributed by atoms with Crippen molar-refractivity contribution in [2.75, 3.05) is 24.2 Å². The second-order valence-electron chi connectivity index (χ2n) is 5.10. The summed E-state index contributed by atoms with van der Waals surface area (Å²) in [6.07, 6.45) is 1.79. The summed E-state index contributed by atoms with van der Waals surface area (Å²) in [7, 11) is 0. The molecule has 0 atom stereocenters. The van der Waals surface area contributed by atoms with Crippen LogP contribution in [0.4, 0.5) is 11.8 Å². The zero-order valence-corrected chi connectivity index (χ0v) is 10.8. The van der Waals surface area contributed by atoms with E-state index in [1.807, 2.05) is 13.0 Å². The van der Waals surface area contributed by atoms with Crippen LogP contribution >= 0.6 is 0 Å². The molecule has 1 heterocycles. The molecule has 0 bridgehead atoms. The second kappa shape index (κ2) is 5.82. The zero-order chi connectivity index (χ0) is 12.9. The maximum Gasteiger partial charge on any atom is 0.222 e. The topological polar surface area (TPSA) is 84.1 Å². The summed E-state index contributed by atoms with van der Waals surface area (Å²) in [5.74, 6) is 1.05. The highest BCUT2D eigenvalue weighted by molar-refractivity contribution is 5.40. The Hall–Kier alpha value is -1.36. The summed E-state index contributed by atoms with van der Waals surface area (Å²) in [5, 5.41) is 12.1. The first-order valence-corrected chi connectivity index (χ1v) is 5.89. The molecule has 5 nitrogen and oxygen atoms in total. The quantitative estimate of drug-likeness (QED) is 0.700. The van der Waals surface area contributed by atoms with Crippen molar-refractivity contribution in [1.82, 2.24) is 9.97 Å². The molecule has 0 aliphatic carbocycles. The van der Waals surface area contributed by atoms with Crippen LogP contribution in [0.25, 0.3) is 0 Å². The van der Waals surface area contributed by atoms with E-state index in [0.717, 1.165) is 30.9 Å². The average molecular weight is 238 g/mol. The van der Waals surface area contributed by atoms with Gasteiger partial charge in [0.2, 0.25) is 5.95 Å². The average Bonchev–Trinajstić information content (AvgIpc) is 2.23. The van der Waals surface area contributed by atoms with Crippen LogP contribution in [0.15, 0.2) is 6.07 Å². The normalized spacial score (nSPS) is 11.5. The highest BCUT2D eigenvalue weighted by Crippen LogP contribution is 2.22. The summed E-state index contributed by atoms with van der Waals surface area (Å²) >= 11 is 0. The monoisotopic (exact) mass is 238 g/mol. The third-order valence-electron chi connectivity index (χ3n) is 2.63. The first-order valence-electron chi connectivity index (χ1n) is 5.89. The predicted octanol–water partition coefficient (Wildman–Crippen LogP) is 1.58. The van der Waals surface area contributed by atoms with Gasteiger partial charge in [0.05, 0.1) is 0 Å². The molecule has 0 amide bonds. The van der Waals surface area contributed by atoms with Gasteiger partial charge in [0, 0.05) is 24.9 Å². The van der Waals surface area contributed by atoms with Crippen LogP contribution in [0, 0.1) is 12.3 Å². The van der Waals surface area contributed by atoms with Crippen molar-refractivity contribution in [3.63, 3.8) is 0 Å². The fourth-order valence-electron chi connectivity index (χ4n) is 1.66. The maximum atomic E-state index is 8.83. The van der Waals surface area contributed by atoms with Gasteiger partial charge in [0.25, 0.3) is 0 Å². The molecule has 96 valence electrons. The van der Waals surface area contributed by atoms with Crippen molar-refractivity contribution in [3.8, 4) is 0 Å². The molecule has 0 aromatic carbocycles. The van der Waals surface area contributed by atoms with Crippen LogP contribution in [-0.2, 0) is 0 Å². The second-order valence-corrected chi connectivity index (χ2v) is 5.10. The smallest absolute Gasteiger partial charge is 0.222 e. The molecule has 0 aliphatic heterocycles. The Morgan fingerprint density at radius 3 is 2.71 bits per heavy atom. The Bertz CT molecular complexity index is 345. The van der Waals surface area contributed by atoms with Gasteiger partial charge in [-0.1, -0.05) is 13.8 Å². The van der Waals surface area contributed by atoms with Crippen LogP contribution in [0.5, 0.6) is 0 Å². The number of aliphatic hydroxyl groups excluding tert-OH is 1. The molecule has 0 radical (unpaired) electrons. The van der Waals surface area contributed by atoms with Gasteiger partial charge in [0.1, 0.15) is 5.82 Å². The third-order valence-corrected chi connectivity index (χ3v) is 2.63. The van der Waals surface area contributed by atoms with E-state index >= 15 is 0 Å². The Balaban J connectivity index is 2.54. The minimum absolute atomic E-state index is 0.121. The lowest BCUT2D eigenvalue weighted by molar-refractivity contribution is 0.248. The molecule has 1 aromatic rings. The van der Waals surface area contributed by atoms with E-state index in [-0.39, 0.29) is 12.0 Å². The summed E-state index contributed by atoms with van der Waals surface area (Å²) in [6.45, 7) is 7.24. The number of nitrogens with two attached hydrogens (primary N) is 1.